The molecule has 0 aromatic carbocycles. The maximum atomic E-state index is 10.3. The third kappa shape index (κ3) is 3.06. The van der Waals surface area contributed by atoms with Gasteiger partial charge < -0.3 is 31.1 Å². The number of nitrogen functional groups attached to an aromatic ring is 1. The van der Waals surface area contributed by atoms with Gasteiger partial charge in [-0.15, -0.1) is 0 Å². The molecular formula is C16H19N7O4. The summed E-state index contributed by atoms with van der Waals surface area (Å²) in [7, 11) is 0. The standard InChI is InChI=1S/C16H19N7O4/c1-7-2-3-9(18-4-7)20-16-21-13(17)10-14(22-16)23(6-19-10)15-12(26)11(25)8(5-24)27-15/h2-4,6,8,11-12,15,24-26H,5H2,1H3,(H3,17,18,20,21,22)/t8-,11-,12-,15-/m1/s1. The van der Waals surface area contributed by atoms with Crippen LogP contribution < -0.4 is 11.1 Å². The smallest absolute Gasteiger partial charge is 0.232 e. The number of aryl methyl sites for hydroxylation is 1. The number of nitrogens with one attached hydrogen (secondary N) is 1. The van der Waals surface area contributed by atoms with Gasteiger partial charge in [-0.1, -0.05) is 6.07 Å². The molecule has 0 bridgehead atoms. The fraction of sp³-hybridized carbons (Fsp3) is 0.375. The van der Waals surface area contributed by atoms with Crippen molar-refractivity contribution >= 4 is 28.7 Å². The highest BCUT2D eigenvalue weighted by molar-refractivity contribution is 5.83. The summed E-state index contributed by atoms with van der Waals surface area (Å²) in [5, 5.41) is 32.5. The van der Waals surface area contributed by atoms with Crippen LogP contribution in [-0.2, 0) is 4.74 Å². The predicted octanol–water partition coefficient (Wildman–Crippen LogP) is -0.533. The van der Waals surface area contributed by atoms with Crippen LogP contribution in [0.4, 0.5) is 17.6 Å². The molecule has 3 aromatic rings. The van der Waals surface area contributed by atoms with Gasteiger partial charge in [-0.3, -0.25) is 4.57 Å². The summed E-state index contributed by atoms with van der Waals surface area (Å²) in [6.45, 7) is 1.50. The molecule has 11 nitrogen and oxygen atoms in total. The molecule has 4 rings (SSSR count). The van der Waals surface area contributed by atoms with E-state index in [-0.39, 0.29) is 11.8 Å². The number of aromatic nitrogens is 5. The van der Waals surface area contributed by atoms with Crippen molar-refractivity contribution in [2.45, 2.75) is 31.5 Å². The zero-order chi connectivity index (χ0) is 19.1. The fourth-order valence-corrected chi connectivity index (χ4v) is 2.95. The number of nitrogens with zero attached hydrogens (tertiary/aromatic N) is 5. The van der Waals surface area contributed by atoms with Crippen LogP contribution in [0.15, 0.2) is 24.7 Å². The first-order valence-corrected chi connectivity index (χ1v) is 8.30. The Morgan fingerprint density at radius 1 is 1.22 bits per heavy atom. The Morgan fingerprint density at radius 2 is 2.04 bits per heavy atom. The molecule has 0 radical (unpaired) electrons. The first-order valence-electron chi connectivity index (χ1n) is 8.30. The van der Waals surface area contributed by atoms with Crippen LogP contribution in [0.25, 0.3) is 11.2 Å². The Hall–Kier alpha value is -2.86. The third-order valence-corrected chi connectivity index (χ3v) is 4.39. The Balaban J connectivity index is 1.71. The molecule has 11 heteroatoms. The Kier molecular flexibility index (Phi) is 4.36. The first kappa shape index (κ1) is 17.5. The summed E-state index contributed by atoms with van der Waals surface area (Å²) in [5.41, 5.74) is 7.64. The van der Waals surface area contributed by atoms with Crippen molar-refractivity contribution in [3.63, 3.8) is 0 Å². The maximum absolute atomic E-state index is 10.3. The van der Waals surface area contributed by atoms with Crippen LogP contribution >= 0.6 is 0 Å². The molecule has 4 heterocycles. The molecule has 0 amide bonds. The van der Waals surface area contributed by atoms with E-state index in [9.17, 15) is 15.3 Å². The van der Waals surface area contributed by atoms with E-state index in [0.717, 1.165) is 5.56 Å². The summed E-state index contributed by atoms with van der Waals surface area (Å²) in [6.07, 6.45) is -1.27. The second-order valence-electron chi connectivity index (χ2n) is 6.33. The quantitative estimate of drug-likeness (QED) is 0.401. The van der Waals surface area contributed by atoms with Crippen LogP contribution in [0.3, 0.4) is 0 Å². The minimum atomic E-state index is -1.26. The van der Waals surface area contributed by atoms with Crippen molar-refractivity contribution < 1.29 is 20.1 Å². The molecule has 142 valence electrons. The first-order chi connectivity index (χ1) is 13.0. The van der Waals surface area contributed by atoms with Gasteiger partial charge in [0.25, 0.3) is 0 Å². The second kappa shape index (κ2) is 6.70. The highest BCUT2D eigenvalue weighted by Gasteiger charge is 2.44. The van der Waals surface area contributed by atoms with E-state index in [1.165, 1.54) is 10.9 Å². The number of aliphatic hydroxyl groups is 3. The van der Waals surface area contributed by atoms with Crippen LogP contribution in [0, 0.1) is 6.92 Å². The third-order valence-electron chi connectivity index (χ3n) is 4.39. The van der Waals surface area contributed by atoms with E-state index in [1.807, 2.05) is 13.0 Å². The SMILES string of the molecule is Cc1ccc(Nc2nc(N)c3ncn([C@@H]4O[C@H](CO)[C@@H](O)[C@H]4O)c3n2)nc1. The normalized spacial score (nSPS) is 25.2. The molecule has 27 heavy (non-hydrogen) atoms. The van der Waals surface area contributed by atoms with Crippen molar-refractivity contribution in [3.05, 3.63) is 30.2 Å². The molecule has 0 aliphatic carbocycles. The molecule has 1 fully saturated rings. The van der Waals surface area contributed by atoms with Crippen molar-refractivity contribution in [1.29, 1.82) is 0 Å². The van der Waals surface area contributed by atoms with Gasteiger partial charge in [-0.05, 0) is 18.6 Å². The molecule has 1 aliphatic rings. The number of pyridine rings is 1. The van der Waals surface area contributed by atoms with Gasteiger partial charge >= 0.3 is 0 Å². The lowest BCUT2D eigenvalue weighted by Gasteiger charge is -2.16. The summed E-state index contributed by atoms with van der Waals surface area (Å²) in [4.78, 5) is 17.0. The number of imidazole rings is 1. The number of fused-ring (bicyclic) bond motifs is 1. The maximum Gasteiger partial charge on any atom is 0.232 e. The van der Waals surface area contributed by atoms with Gasteiger partial charge in [0, 0.05) is 6.20 Å². The average Bonchev–Trinajstić information content (AvgIpc) is 3.19. The number of ether oxygens (including phenoxy) is 1. The highest BCUT2D eigenvalue weighted by atomic mass is 16.6. The zero-order valence-electron chi connectivity index (χ0n) is 14.4. The van der Waals surface area contributed by atoms with E-state index in [0.29, 0.717) is 17.0 Å². The largest absolute Gasteiger partial charge is 0.394 e. The van der Waals surface area contributed by atoms with Crippen LogP contribution in [0.5, 0.6) is 0 Å². The second-order valence-corrected chi connectivity index (χ2v) is 6.33. The van der Waals surface area contributed by atoms with Crippen molar-refractivity contribution in [2.75, 3.05) is 17.7 Å². The van der Waals surface area contributed by atoms with Crippen molar-refractivity contribution in [1.82, 2.24) is 24.5 Å². The Bertz CT molecular complexity index is 961. The van der Waals surface area contributed by atoms with Crippen LogP contribution in [0.1, 0.15) is 11.8 Å². The fourth-order valence-electron chi connectivity index (χ4n) is 2.95. The summed E-state index contributed by atoms with van der Waals surface area (Å²) >= 11 is 0. The molecule has 3 aromatic heterocycles. The van der Waals surface area contributed by atoms with Crippen LogP contribution in [-0.4, -0.2) is 64.7 Å². The monoisotopic (exact) mass is 373 g/mol. The predicted molar refractivity (Wildman–Crippen MR) is 95.0 cm³/mol. The van der Waals surface area contributed by atoms with E-state index in [2.05, 4.69) is 25.3 Å². The van der Waals surface area contributed by atoms with E-state index >= 15 is 0 Å². The average molecular weight is 373 g/mol. The van der Waals surface area contributed by atoms with Gasteiger partial charge in [0.2, 0.25) is 5.95 Å². The summed E-state index contributed by atoms with van der Waals surface area (Å²) < 4.78 is 6.99. The number of aliphatic hydroxyl groups excluding tert-OH is 3. The van der Waals surface area contributed by atoms with Crippen LogP contribution in [0.2, 0.25) is 0 Å². The minimum absolute atomic E-state index is 0.139. The number of hydrogen-bond acceptors (Lipinski definition) is 10. The Labute approximate surface area is 153 Å². The number of anilines is 3. The van der Waals surface area contributed by atoms with E-state index in [1.54, 1.807) is 12.3 Å². The highest BCUT2D eigenvalue weighted by Crippen LogP contribution is 2.32. The molecule has 0 unspecified atom stereocenters. The number of rotatable bonds is 4. The van der Waals surface area contributed by atoms with Gasteiger partial charge in [0.05, 0.1) is 12.9 Å². The topological polar surface area (TPSA) is 164 Å². The minimum Gasteiger partial charge on any atom is -0.394 e. The van der Waals surface area contributed by atoms with Gasteiger partial charge in [-0.25, -0.2) is 9.97 Å². The molecule has 6 N–H and O–H groups in total. The number of hydrogen-bond donors (Lipinski definition) is 5. The molecule has 0 saturated carbocycles. The molecule has 0 spiro atoms. The number of nitrogens with two attached hydrogens (primary N) is 1. The molecule has 1 saturated heterocycles. The Morgan fingerprint density at radius 3 is 2.70 bits per heavy atom. The van der Waals surface area contributed by atoms with Crippen molar-refractivity contribution in [2.24, 2.45) is 0 Å². The molecule has 1 aliphatic heterocycles. The van der Waals surface area contributed by atoms with E-state index < -0.39 is 31.1 Å². The molecular weight excluding hydrogens is 354 g/mol. The van der Waals surface area contributed by atoms with Gasteiger partial charge in [0.15, 0.2) is 17.7 Å². The lowest BCUT2D eigenvalue weighted by Crippen LogP contribution is -2.33. The van der Waals surface area contributed by atoms with E-state index in [4.69, 9.17) is 10.5 Å². The summed E-state index contributed by atoms with van der Waals surface area (Å²) in [5.74, 6) is 0.878. The van der Waals surface area contributed by atoms with Gasteiger partial charge in [0.1, 0.15) is 29.6 Å². The lowest BCUT2D eigenvalue weighted by molar-refractivity contribution is -0.0511. The zero-order valence-corrected chi connectivity index (χ0v) is 14.4. The lowest BCUT2D eigenvalue weighted by atomic mass is 10.1. The molecule has 4 atom stereocenters. The van der Waals surface area contributed by atoms with Gasteiger partial charge in [-0.2, -0.15) is 9.97 Å². The van der Waals surface area contributed by atoms with Crippen molar-refractivity contribution in [3.8, 4) is 0 Å². The summed E-state index contributed by atoms with van der Waals surface area (Å²) in [6, 6.07) is 3.67.